The van der Waals surface area contributed by atoms with E-state index in [1.54, 1.807) is 0 Å². The highest BCUT2D eigenvalue weighted by atomic mass is 15.2. The van der Waals surface area contributed by atoms with Crippen LogP contribution < -0.4 is 10.2 Å². The molecule has 19 heavy (non-hydrogen) atoms. The average Bonchev–Trinajstić information content (AvgIpc) is 2.55. The molecule has 0 bridgehead atoms. The normalized spacial score (nSPS) is 22.0. The summed E-state index contributed by atoms with van der Waals surface area (Å²) in [4.78, 5) is 2.62. The molecule has 1 unspecified atom stereocenters. The lowest BCUT2D eigenvalue weighted by Crippen LogP contribution is -2.45. The first-order valence-electron chi connectivity index (χ1n) is 7.38. The minimum Gasteiger partial charge on any atom is -0.366 e. The molecular weight excluding hydrogens is 232 g/mol. The number of hydrogen-bond acceptors (Lipinski definition) is 2. The topological polar surface area (TPSA) is 15.3 Å². The molecule has 0 amide bonds. The third kappa shape index (κ3) is 2.51. The lowest BCUT2D eigenvalue weighted by molar-refractivity contribution is 0.356. The fraction of sp³-hybridized carbons (Fsp3) is 0.647. The molecule has 1 aromatic carbocycles. The van der Waals surface area contributed by atoms with Gasteiger partial charge in [-0.25, -0.2) is 0 Å². The van der Waals surface area contributed by atoms with E-state index in [-0.39, 0.29) is 5.54 Å². The van der Waals surface area contributed by atoms with Gasteiger partial charge in [-0.15, -0.1) is 0 Å². The first-order chi connectivity index (χ1) is 8.87. The van der Waals surface area contributed by atoms with Crippen molar-refractivity contribution in [3.8, 4) is 0 Å². The Morgan fingerprint density at radius 1 is 1.21 bits per heavy atom. The lowest BCUT2D eigenvalue weighted by atomic mass is 9.87. The molecule has 1 aromatic rings. The highest BCUT2D eigenvalue weighted by Crippen LogP contribution is 2.40. The Hall–Kier alpha value is -1.02. The Balaban J connectivity index is 2.38. The molecule has 0 saturated carbocycles. The van der Waals surface area contributed by atoms with E-state index in [9.17, 15) is 0 Å². The van der Waals surface area contributed by atoms with Crippen LogP contribution >= 0.6 is 0 Å². The smallest absolute Gasteiger partial charge is 0.0430 e. The van der Waals surface area contributed by atoms with Crippen LogP contribution in [0.5, 0.6) is 0 Å². The minimum absolute atomic E-state index is 0.230. The van der Waals surface area contributed by atoms with Crippen molar-refractivity contribution < 1.29 is 0 Å². The van der Waals surface area contributed by atoms with Gasteiger partial charge >= 0.3 is 0 Å². The maximum Gasteiger partial charge on any atom is 0.0430 e. The Bertz CT molecular complexity index is 439. The van der Waals surface area contributed by atoms with Crippen molar-refractivity contribution in [2.75, 3.05) is 25.0 Å². The van der Waals surface area contributed by atoms with Gasteiger partial charge in [0, 0.05) is 17.8 Å². The number of anilines is 1. The molecule has 106 valence electrons. The molecule has 0 spiro atoms. The third-order valence-electron chi connectivity index (χ3n) is 4.75. The van der Waals surface area contributed by atoms with Crippen molar-refractivity contribution in [1.82, 2.24) is 5.32 Å². The summed E-state index contributed by atoms with van der Waals surface area (Å²) >= 11 is 0. The monoisotopic (exact) mass is 260 g/mol. The number of nitrogens with zero attached hydrogens (tertiary/aromatic N) is 1. The average molecular weight is 260 g/mol. The zero-order valence-electron chi connectivity index (χ0n) is 13.3. The largest absolute Gasteiger partial charge is 0.366 e. The van der Waals surface area contributed by atoms with Gasteiger partial charge in [-0.1, -0.05) is 17.7 Å². The van der Waals surface area contributed by atoms with Gasteiger partial charge in [0.05, 0.1) is 0 Å². The predicted octanol–water partition coefficient (Wildman–Crippen LogP) is 3.44. The molecule has 1 fully saturated rings. The molecule has 0 aromatic heterocycles. The van der Waals surface area contributed by atoms with E-state index >= 15 is 0 Å². The third-order valence-corrected chi connectivity index (χ3v) is 4.75. The summed E-state index contributed by atoms with van der Waals surface area (Å²) < 4.78 is 0. The molecule has 0 aliphatic carbocycles. The Morgan fingerprint density at radius 3 is 2.32 bits per heavy atom. The summed E-state index contributed by atoms with van der Waals surface area (Å²) in [5.41, 5.74) is 5.87. The molecule has 1 aliphatic rings. The number of benzene rings is 1. The zero-order chi connectivity index (χ0) is 14.2. The van der Waals surface area contributed by atoms with E-state index in [0.29, 0.717) is 0 Å². The Kier molecular flexibility index (Phi) is 3.91. The zero-order valence-corrected chi connectivity index (χ0v) is 13.3. The second kappa shape index (κ2) is 5.16. The highest BCUT2D eigenvalue weighted by Gasteiger charge is 2.41. The van der Waals surface area contributed by atoms with Crippen molar-refractivity contribution in [3.05, 3.63) is 28.8 Å². The summed E-state index contributed by atoms with van der Waals surface area (Å²) in [5.74, 6) is 0.720. The SMILES string of the molecule is CNCC1CCN(c2c(C)cc(C)cc2C)C1(C)C. The van der Waals surface area contributed by atoms with Gasteiger partial charge in [0.15, 0.2) is 0 Å². The van der Waals surface area contributed by atoms with Crippen LogP contribution in [0.25, 0.3) is 0 Å². The number of aryl methyl sites for hydroxylation is 3. The van der Waals surface area contributed by atoms with Crippen LogP contribution in [-0.2, 0) is 0 Å². The van der Waals surface area contributed by atoms with Gasteiger partial charge in [0.1, 0.15) is 0 Å². The van der Waals surface area contributed by atoms with Gasteiger partial charge in [-0.3, -0.25) is 0 Å². The maximum absolute atomic E-state index is 3.35. The van der Waals surface area contributed by atoms with Gasteiger partial charge in [0.2, 0.25) is 0 Å². The molecule has 1 N–H and O–H groups in total. The van der Waals surface area contributed by atoms with Crippen LogP contribution in [0.2, 0.25) is 0 Å². The van der Waals surface area contributed by atoms with E-state index in [0.717, 1.165) is 12.5 Å². The standard InChI is InChI=1S/C17H28N2/c1-12-9-13(2)16(14(3)10-12)19-8-7-15(11-18-6)17(19,4)5/h9-10,15,18H,7-8,11H2,1-6H3. The molecule has 1 heterocycles. The predicted molar refractivity (Wildman–Crippen MR) is 84.1 cm³/mol. The molecule has 2 rings (SSSR count). The molecule has 1 aliphatic heterocycles. The van der Waals surface area contributed by atoms with E-state index in [1.165, 1.54) is 35.3 Å². The molecule has 0 radical (unpaired) electrons. The lowest BCUT2D eigenvalue weighted by Gasteiger charge is -2.39. The van der Waals surface area contributed by atoms with Gasteiger partial charge in [0.25, 0.3) is 0 Å². The van der Waals surface area contributed by atoms with Crippen molar-refractivity contribution in [3.63, 3.8) is 0 Å². The quantitative estimate of drug-likeness (QED) is 0.895. The van der Waals surface area contributed by atoms with Crippen LogP contribution in [0.3, 0.4) is 0 Å². The summed E-state index contributed by atoms with van der Waals surface area (Å²) in [6.07, 6.45) is 1.28. The molecular formula is C17H28N2. The first-order valence-corrected chi connectivity index (χ1v) is 7.38. The fourth-order valence-electron chi connectivity index (χ4n) is 3.74. The number of nitrogens with one attached hydrogen (secondary N) is 1. The Morgan fingerprint density at radius 2 is 1.79 bits per heavy atom. The summed E-state index contributed by atoms with van der Waals surface area (Å²) in [6, 6.07) is 4.62. The van der Waals surface area contributed by atoms with Crippen LogP contribution in [0, 0.1) is 26.7 Å². The van der Waals surface area contributed by atoms with Crippen LogP contribution in [0.1, 0.15) is 37.0 Å². The van der Waals surface area contributed by atoms with Crippen LogP contribution in [0.15, 0.2) is 12.1 Å². The van der Waals surface area contributed by atoms with E-state index in [1.807, 2.05) is 0 Å². The number of hydrogen-bond donors (Lipinski definition) is 1. The van der Waals surface area contributed by atoms with Crippen molar-refractivity contribution >= 4 is 5.69 Å². The Labute approximate surface area is 118 Å². The van der Waals surface area contributed by atoms with E-state index < -0.39 is 0 Å². The number of rotatable bonds is 3. The summed E-state index contributed by atoms with van der Waals surface area (Å²) in [7, 11) is 2.06. The van der Waals surface area contributed by atoms with E-state index in [2.05, 4.69) is 64.0 Å². The van der Waals surface area contributed by atoms with Crippen molar-refractivity contribution in [1.29, 1.82) is 0 Å². The second-order valence-electron chi connectivity index (χ2n) is 6.60. The first kappa shape index (κ1) is 14.4. The van der Waals surface area contributed by atoms with Crippen LogP contribution in [-0.4, -0.2) is 25.7 Å². The van der Waals surface area contributed by atoms with Crippen LogP contribution in [0.4, 0.5) is 5.69 Å². The molecule has 1 saturated heterocycles. The highest BCUT2D eigenvalue weighted by molar-refractivity contribution is 5.62. The van der Waals surface area contributed by atoms with Gasteiger partial charge in [-0.05, 0) is 71.7 Å². The minimum atomic E-state index is 0.230. The molecule has 2 nitrogen and oxygen atoms in total. The molecule has 2 heteroatoms. The van der Waals surface area contributed by atoms with Gasteiger partial charge < -0.3 is 10.2 Å². The van der Waals surface area contributed by atoms with Crippen molar-refractivity contribution in [2.45, 2.75) is 46.6 Å². The molecule has 1 atom stereocenters. The summed E-state index contributed by atoms with van der Waals surface area (Å²) in [5, 5.41) is 3.35. The summed E-state index contributed by atoms with van der Waals surface area (Å²) in [6.45, 7) is 13.7. The van der Waals surface area contributed by atoms with Crippen molar-refractivity contribution in [2.24, 2.45) is 5.92 Å². The van der Waals surface area contributed by atoms with E-state index in [4.69, 9.17) is 0 Å². The maximum atomic E-state index is 3.35. The second-order valence-corrected chi connectivity index (χ2v) is 6.60. The fourth-order valence-corrected chi connectivity index (χ4v) is 3.74. The van der Waals surface area contributed by atoms with Gasteiger partial charge in [-0.2, -0.15) is 0 Å².